The van der Waals surface area contributed by atoms with Gasteiger partial charge in [-0.2, -0.15) is 5.26 Å². The second-order valence-corrected chi connectivity index (χ2v) is 8.56. The summed E-state index contributed by atoms with van der Waals surface area (Å²) in [7, 11) is 3.16. The topological polar surface area (TPSA) is 137 Å². The van der Waals surface area contributed by atoms with Crippen LogP contribution < -0.4 is 31.7 Å². The first-order chi connectivity index (χ1) is 17.3. The third-order valence-corrected chi connectivity index (χ3v) is 6.27. The lowest BCUT2D eigenvalue weighted by molar-refractivity contribution is 0.248. The smallest absolute Gasteiger partial charge is 0.330 e. The van der Waals surface area contributed by atoms with Crippen molar-refractivity contribution >= 4 is 11.7 Å². The van der Waals surface area contributed by atoms with E-state index in [0.29, 0.717) is 46.9 Å². The fourth-order valence-electron chi connectivity index (χ4n) is 4.57. The third-order valence-electron chi connectivity index (χ3n) is 6.27. The molecule has 1 aliphatic heterocycles. The van der Waals surface area contributed by atoms with Crippen LogP contribution in [0.2, 0.25) is 0 Å². The van der Waals surface area contributed by atoms with Crippen LogP contribution in [0.5, 0.6) is 11.5 Å². The molecule has 2 aromatic carbocycles. The number of rotatable bonds is 6. The summed E-state index contributed by atoms with van der Waals surface area (Å²) in [6.45, 7) is 4.60. The van der Waals surface area contributed by atoms with Crippen LogP contribution in [0.4, 0.5) is 10.5 Å². The summed E-state index contributed by atoms with van der Waals surface area (Å²) in [5, 5.41) is 11.8. The van der Waals surface area contributed by atoms with Crippen molar-refractivity contribution in [1.29, 1.82) is 5.26 Å². The maximum absolute atomic E-state index is 13.7. The fourth-order valence-corrected chi connectivity index (χ4v) is 4.57. The van der Waals surface area contributed by atoms with Crippen molar-refractivity contribution in [3.8, 4) is 28.8 Å². The van der Waals surface area contributed by atoms with Gasteiger partial charge in [-0.25, -0.2) is 14.6 Å². The molecule has 0 atom stereocenters. The van der Waals surface area contributed by atoms with Gasteiger partial charge in [0.05, 0.1) is 37.2 Å². The Balaban J connectivity index is 1.98. The molecule has 10 nitrogen and oxygen atoms in total. The first-order valence-corrected chi connectivity index (χ1v) is 11.5. The number of hydrogen-bond donors (Lipinski definition) is 2. The van der Waals surface area contributed by atoms with Crippen molar-refractivity contribution < 1.29 is 14.3 Å². The average molecular weight is 489 g/mol. The lowest BCUT2D eigenvalue weighted by atomic mass is 9.97. The summed E-state index contributed by atoms with van der Waals surface area (Å²) in [6.07, 6.45) is 0.645. The van der Waals surface area contributed by atoms with Crippen molar-refractivity contribution in [2.75, 3.05) is 20.8 Å². The van der Waals surface area contributed by atoms with Gasteiger partial charge in [0.15, 0.2) is 11.5 Å². The van der Waals surface area contributed by atoms with Gasteiger partial charge in [-0.3, -0.25) is 9.13 Å². The highest BCUT2D eigenvalue weighted by molar-refractivity contribution is 5.71. The van der Waals surface area contributed by atoms with Crippen molar-refractivity contribution in [1.82, 2.24) is 14.5 Å². The minimum atomic E-state index is -0.666. The zero-order valence-electron chi connectivity index (χ0n) is 20.7. The van der Waals surface area contributed by atoms with Crippen molar-refractivity contribution in [2.24, 2.45) is 10.7 Å². The maximum Gasteiger partial charge on any atom is 0.330 e. The van der Waals surface area contributed by atoms with Gasteiger partial charge in [0.1, 0.15) is 5.49 Å². The van der Waals surface area contributed by atoms with Gasteiger partial charge in [0.2, 0.25) is 0 Å². The first-order valence-electron chi connectivity index (χ1n) is 11.5. The molecule has 0 aliphatic carbocycles. The molecule has 3 aromatic rings. The molecule has 0 saturated carbocycles. The predicted octanol–water partition coefficient (Wildman–Crippen LogP) is 2.28. The number of nitriles is 1. The number of nitrogens with two attached hydrogens (primary N) is 1. The fraction of sp³-hybridized carbons (Fsp3) is 0.308. The molecule has 186 valence electrons. The summed E-state index contributed by atoms with van der Waals surface area (Å²) >= 11 is 0. The molecule has 1 aromatic heterocycles. The van der Waals surface area contributed by atoms with Crippen LogP contribution in [-0.4, -0.2) is 35.9 Å². The van der Waals surface area contributed by atoms with E-state index in [0.717, 1.165) is 22.3 Å². The number of primary amides is 1. The molecular weight excluding hydrogens is 460 g/mol. The standard InChI is InChI=1S/C26H28N6O4/c1-15-9-17(14-27)10-16(2)24(15)30-23-13-20-19-12-22(36-4)21(35-3)11-18(19)5-7-31(20)26(34)32(23)8-6-29-25(28)33/h9-13H,5-8H2,1-4H3,(H3,28,29,33). The largest absolute Gasteiger partial charge is 0.493 e. The second kappa shape index (κ2) is 10.00. The molecule has 1 aliphatic rings. The highest BCUT2D eigenvalue weighted by atomic mass is 16.5. The highest BCUT2D eigenvalue weighted by Crippen LogP contribution is 2.37. The average Bonchev–Trinajstić information content (AvgIpc) is 2.86. The monoisotopic (exact) mass is 488 g/mol. The highest BCUT2D eigenvalue weighted by Gasteiger charge is 2.22. The van der Waals surface area contributed by atoms with E-state index in [1.807, 2.05) is 32.0 Å². The van der Waals surface area contributed by atoms with Crippen LogP contribution in [0.3, 0.4) is 0 Å². The van der Waals surface area contributed by atoms with E-state index in [1.54, 1.807) is 30.9 Å². The molecule has 0 unspecified atom stereocenters. The Kier molecular flexibility index (Phi) is 6.83. The van der Waals surface area contributed by atoms with E-state index >= 15 is 0 Å². The van der Waals surface area contributed by atoms with Gasteiger partial charge in [-0.1, -0.05) is 0 Å². The third kappa shape index (κ3) is 4.55. The minimum absolute atomic E-state index is 0.171. The van der Waals surface area contributed by atoms with Crippen molar-refractivity contribution in [2.45, 2.75) is 33.4 Å². The van der Waals surface area contributed by atoms with Gasteiger partial charge in [0.25, 0.3) is 0 Å². The lowest BCUT2D eigenvalue weighted by Gasteiger charge is -2.24. The molecule has 0 fully saturated rings. The zero-order valence-corrected chi connectivity index (χ0v) is 20.7. The normalized spacial score (nSPS) is 12.4. The Morgan fingerprint density at radius 3 is 2.42 bits per heavy atom. The van der Waals surface area contributed by atoms with Crippen LogP contribution in [0, 0.1) is 25.2 Å². The van der Waals surface area contributed by atoms with E-state index in [2.05, 4.69) is 11.4 Å². The van der Waals surface area contributed by atoms with Gasteiger partial charge in [0, 0.05) is 31.3 Å². The number of carbonyl (C=O) groups excluding carboxylic acids is 1. The SMILES string of the molecule is COc1cc2c(cc1OC)-c1cc(=Nc3c(C)cc(C#N)cc3C)n(CCNC(N)=O)c(=O)n1CC2. The molecule has 0 radical (unpaired) electrons. The molecule has 4 rings (SSSR count). The molecule has 2 amide bonds. The number of ether oxygens (including phenoxy) is 2. The minimum Gasteiger partial charge on any atom is -0.493 e. The zero-order chi connectivity index (χ0) is 26.0. The van der Waals surface area contributed by atoms with Crippen molar-refractivity contribution in [3.63, 3.8) is 0 Å². The Morgan fingerprint density at radius 1 is 1.14 bits per heavy atom. The number of fused-ring (bicyclic) bond motifs is 3. The summed E-state index contributed by atoms with van der Waals surface area (Å²) < 4.78 is 14.2. The Morgan fingerprint density at radius 2 is 1.81 bits per heavy atom. The van der Waals surface area contributed by atoms with Gasteiger partial charge in [-0.15, -0.1) is 0 Å². The number of hydrogen-bond acceptors (Lipinski definition) is 6. The summed E-state index contributed by atoms with van der Waals surface area (Å²) in [4.78, 5) is 29.8. The van der Waals surface area contributed by atoms with E-state index in [4.69, 9.17) is 20.2 Å². The number of aromatic nitrogens is 2. The maximum atomic E-state index is 13.7. The summed E-state index contributed by atoms with van der Waals surface area (Å²) in [6, 6.07) is 10.7. The van der Waals surface area contributed by atoms with E-state index in [9.17, 15) is 14.9 Å². The number of methoxy groups -OCH3 is 2. The second-order valence-electron chi connectivity index (χ2n) is 8.56. The van der Waals surface area contributed by atoms with Crippen LogP contribution in [0.1, 0.15) is 22.3 Å². The quantitative estimate of drug-likeness (QED) is 0.548. The van der Waals surface area contributed by atoms with E-state index in [-0.39, 0.29) is 18.8 Å². The van der Waals surface area contributed by atoms with E-state index < -0.39 is 6.03 Å². The molecule has 3 N–H and O–H groups in total. The van der Waals surface area contributed by atoms with Gasteiger partial charge < -0.3 is 20.5 Å². The summed E-state index contributed by atoms with van der Waals surface area (Å²) in [5.74, 6) is 1.20. The molecule has 10 heteroatoms. The first kappa shape index (κ1) is 24.6. The number of benzene rings is 2. The van der Waals surface area contributed by atoms with Crippen LogP contribution in [0.25, 0.3) is 11.3 Å². The van der Waals surface area contributed by atoms with E-state index in [1.165, 1.54) is 4.57 Å². The van der Waals surface area contributed by atoms with Gasteiger partial charge in [-0.05, 0) is 61.2 Å². The number of nitrogens with zero attached hydrogens (tertiary/aromatic N) is 4. The number of aryl methyl sites for hydroxylation is 3. The molecule has 0 spiro atoms. The summed E-state index contributed by atoms with van der Waals surface area (Å²) in [5.41, 5.74) is 10.9. The molecule has 2 heterocycles. The van der Waals surface area contributed by atoms with Crippen LogP contribution in [-0.2, 0) is 19.5 Å². The lowest BCUT2D eigenvalue weighted by Crippen LogP contribution is -2.44. The van der Waals surface area contributed by atoms with Crippen molar-refractivity contribution in [3.05, 3.63) is 68.6 Å². The molecule has 0 saturated heterocycles. The molecule has 0 bridgehead atoms. The van der Waals surface area contributed by atoms with Crippen LogP contribution >= 0.6 is 0 Å². The predicted molar refractivity (Wildman–Crippen MR) is 134 cm³/mol. The number of carbonyl (C=O) groups is 1. The number of urea groups is 1. The number of nitrogens with one attached hydrogen (secondary N) is 1. The van der Waals surface area contributed by atoms with Crippen LogP contribution in [0.15, 0.2) is 40.1 Å². The number of amides is 2. The Labute approximate surface area is 208 Å². The van der Waals surface area contributed by atoms with Gasteiger partial charge >= 0.3 is 11.7 Å². The Hall–Kier alpha value is -4.52. The molecule has 36 heavy (non-hydrogen) atoms. The Bertz CT molecular complexity index is 1500. The molecular formula is C26H28N6O4.